The van der Waals surface area contributed by atoms with Gasteiger partial charge in [-0.1, -0.05) is 13.8 Å². The fraction of sp³-hybridized carbons (Fsp3) is 0.929. The highest BCUT2D eigenvalue weighted by Gasteiger charge is 2.41. The van der Waals surface area contributed by atoms with Crippen molar-refractivity contribution in [3.8, 4) is 0 Å². The third kappa shape index (κ3) is 2.69. The Hall–Kier alpha value is -0.610. The number of nitrogens with one attached hydrogen (secondary N) is 1. The average molecular weight is 254 g/mol. The number of carbonyl (C=O) groups is 1. The second-order valence-electron chi connectivity index (χ2n) is 5.57. The molecular formula is C14H26N2O2. The van der Waals surface area contributed by atoms with Crippen molar-refractivity contribution in [2.75, 3.05) is 32.8 Å². The Bertz CT molecular complexity index is 288. The maximum Gasteiger partial charge on any atom is 0.230 e. The van der Waals surface area contributed by atoms with Crippen LogP contribution in [0.4, 0.5) is 0 Å². The highest BCUT2D eigenvalue weighted by Crippen LogP contribution is 2.33. The van der Waals surface area contributed by atoms with Gasteiger partial charge in [0.05, 0.1) is 18.1 Å². The Morgan fingerprint density at radius 3 is 2.94 bits per heavy atom. The van der Waals surface area contributed by atoms with Gasteiger partial charge in [0, 0.05) is 19.6 Å². The lowest BCUT2D eigenvalue weighted by Gasteiger charge is -2.42. The van der Waals surface area contributed by atoms with Gasteiger partial charge in [0.2, 0.25) is 5.91 Å². The van der Waals surface area contributed by atoms with Gasteiger partial charge in [-0.15, -0.1) is 0 Å². The number of hydrogen-bond donors (Lipinski definition) is 1. The topological polar surface area (TPSA) is 41.6 Å². The Balaban J connectivity index is 2.04. The van der Waals surface area contributed by atoms with Crippen LogP contribution in [0.2, 0.25) is 0 Å². The van der Waals surface area contributed by atoms with Crippen molar-refractivity contribution in [2.45, 2.75) is 45.6 Å². The van der Waals surface area contributed by atoms with Crippen LogP contribution in [0.5, 0.6) is 0 Å². The quantitative estimate of drug-likeness (QED) is 0.828. The van der Waals surface area contributed by atoms with E-state index in [1.807, 2.05) is 4.90 Å². The highest BCUT2D eigenvalue weighted by atomic mass is 16.5. The molecule has 0 aromatic rings. The van der Waals surface area contributed by atoms with Crippen molar-refractivity contribution in [3.63, 3.8) is 0 Å². The Morgan fingerprint density at radius 1 is 1.50 bits per heavy atom. The minimum absolute atomic E-state index is 0.159. The Kier molecular flexibility index (Phi) is 4.62. The molecule has 0 saturated carbocycles. The van der Waals surface area contributed by atoms with E-state index in [4.69, 9.17) is 4.74 Å². The van der Waals surface area contributed by atoms with Crippen LogP contribution in [0, 0.1) is 5.41 Å². The SMILES string of the molecule is CCC1CN(C(=O)C2(CC)CCCNC2)CCO1. The third-order valence-electron chi connectivity index (χ3n) is 4.48. The molecule has 0 radical (unpaired) electrons. The van der Waals surface area contributed by atoms with Gasteiger partial charge in [0.1, 0.15) is 0 Å². The molecule has 2 atom stereocenters. The molecule has 18 heavy (non-hydrogen) atoms. The molecule has 2 aliphatic rings. The molecule has 2 fully saturated rings. The van der Waals surface area contributed by atoms with Crippen molar-refractivity contribution in [2.24, 2.45) is 5.41 Å². The summed E-state index contributed by atoms with van der Waals surface area (Å²) < 4.78 is 5.65. The number of amides is 1. The van der Waals surface area contributed by atoms with E-state index < -0.39 is 0 Å². The lowest BCUT2D eigenvalue weighted by atomic mass is 9.77. The molecule has 4 nitrogen and oxygen atoms in total. The van der Waals surface area contributed by atoms with E-state index in [-0.39, 0.29) is 11.5 Å². The molecule has 2 rings (SSSR count). The number of nitrogens with zero attached hydrogens (tertiary/aromatic N) is 1. The molecule has 2 saturated heterocycles. The third-order valence-corrected chi connectivity index (χ3v) is 4.48. The Labute approximate surface area is 110 Å². The van der Waals surface area contributed by atoms with Gasteiger partial charge >= 0.3 is 0 Å². The zero-order valence-corrected chi connectivity index (χ0v) is 11.7. The standard InChI is InChI=1S/C14H26N2O2/c1-3-12-10-16(8-9-18-12)13(17)14(4-2)6-5-7-15-11-14/h12,15H,3-11H2,1-2H3. The van der Waals surface area contributed by atoms with Gasteiger partial charge in [-0.2, -0.15) is 0 Å². The van der Waals surface area contributed by atoms with Gasteiger partial charge in [-0.25, -0.2) is 0 Å². The van der Waals surface area contributed by atoms with Crippen molar-refractivity contribution in [3.05, 3.63) is 0 Å². The molecule has 1 N–H and O–H groups in total. The lowest BCUT2D eigenvalue weighted by molar-refractivity contribution is -0.151. The molecular weight excluding hydrogens is 228 g/mol. The van der Waals surface area contributed by atoms with Crippen molar-refractivity contribution in [1.82, 2.24) is 10.2 Å². The maximum atomic E-state index is 12.8. The first-order valence-corrected chi connectivity index (χ1v) is 7.33. The van der Waals surface area contributed by atoms with Gasteiger partial charge in [-0.05, 0) is 32.2 Å². The zero-order chi connectivity index (χ0) is 13.0. The van der Waals surface area contributed by atoms with Gasteiger partial charge in [-0.3, -0.25) is 4.79 Å². The molecule has 2 heterocycles. The van der Waals surface area contributed by atoms with Crippen molar-refractivity contribution < 1.29 is 9.53 Å². The zero-order valence-electron chi connectivity index (χ0n) is 11.7. The molecule has 4 heteroatoms. The molecule has 0 aromatic heterocycles. The van der Waals surface area contributed by atoms with E-state index in [1.165, 1.54) is 0 Å². The van der Waals surface area contributed by atoms with E-state index in [0.717, 1.165) is 51.9 Å². The predicted molar refractivity (Wildman–Crippen MR) is 71.4 cm³/mol. The summed E-state index contributed by atoms with van der Waals surface area (Å²) in [5, 5.41) is 3.39. The van der Waals surface area contributed by atoms with E-state index in [1.54, 1.807) is 0 Å². The van der Waals surface area contributed by atoms with Crippen LogP contribution in [-0.2, 0) is 9.53 Å². The van der Waals surface area contributed by atoms with E-state index >= 15 is 0 Å². The molecule has 2 aliphatic heterocycles. The number of rotatable bonds is 3. The maximum absolute atomic E-state index is 12.8. The summed E-state index contributed by atoms with van der Waals surface area (Å²) in [7, 11) is 0. The van der Waals surface area contributed by atoms with Gasteiger partial charge in [0.25, 0.3) is 0 Å². The number of morpholine rings is 1. The highest BCUT2D eigenvalue weighted by molar-refractivity contribution is 5.83. The summed E-state index contributed by atoms with van der Waals surface area (Å²) in [4.78, 5) is 14.8. The number of ether oxygens (including phenoxy) is 1. The minimum Gasteiger partial charge on any atom is -0.375 e. The van der Waals surface area contributed by atoms with Crippen molar-refractivity contribution >= 4 is 5.91 Å². The first kappa shape index (κ1) is 13.8. The van der Waals surface area contributed by atoms with E-state index in [0.29, 0.717) is 12.5 Å². The first-order valence-electron chi connectivity index (χ1n) is 7.33. The van der Waals surface area contributed by atoms with Crippen LogP contribution < -0.4 is 5.32 Å². The fourth-order valence-electron chi connectivity index (χ4n) is 3.09. The summed E-state index contributed by atoms with van der Waals surface area (Å²) in [6, 6.07) is 0. The van der Waals surface area contributed by atoms with Gasteiger partial charge < -0.3 is 15.0 Å². The summed E-state index contributed by atoms with van der Waals surface area (Å²) in [6.45, 7) is 8.39. The average Bonchev–Trinajstić information content (AvgIpc) is 2.47. The largest absolute Gasteiger partial charge is 0.375 e. The molecule has 104 valence electrons. The second-order valence-corrected chi connectivity index (χ2v) is 5.57. The van der Waals surface area contributed by atoms with Crippen LogP contribution in [0.15, 0.2) is 0 Å². The lowest BCUT2D eigenvalue weighted by Crippen LogP contribution is -2.55. The molecule has 0 spiro atoms. The smallest absolute Gasteiger partial charge is 0.230 e. The number of hydrogen-bond acceptors (Lipinski definition) is 3. The van der Waals surface area contributed by atoms with Crippen LogP contribution in [0.1, 0.15) is 39.5 Å². The Morgan fingerprint density at radius 2 is 2.33 bits per heavy atom. The fourth-order valence-corrected chi connectivity index (χ4v) is 3.09. The number of carbonyl (C=O) groups excluding carboxylic acids is 1. The van der Waals surface area contributed by atoms with Crippen molar-refractivity contribution in [1.29, 1.82) is 0 Å². The van der Waals surface area contributed by atoms with Crippen LogP contribution in [0.3, 0.4) is 0 Å². The first-order chi connectivity index (χ1) is 8.72. The molecule has 0 bridgehead atoms. The van der Waals surface area contributed by atoms with Crippen LogP contribution in [0.25, 0.3) is 0 Å². The molecule has 0 aliphatic carbocycles. The monoisotopic (exact) mass is 254 g/mol. The predicted octanol–water partition coefficient (Wildman–Crippen LogP) is 1.40. The minimum atomic E-state index is -0.159. The van der Waals surface area contributed by atoms with E-state index in [9.17, 15) is 4.79 Å². The second kappa shape index (κ2) is 6.02. The van der Waals surface area contributed by atoms with Crippen LogP contribution >= 0.6 is 0 Å². The van der Waals surface area contributed by atoms with Crippen LogP contribution in [-0.4, -0.2) is 49.7 Å². The van der Waals surface area contributed by atoms with E-state index in [2.05, 4.69) is 19.2 Å². The molecule has 0 aromatic carbocycles. The summed E-state index contributed by atoms with van der Waals surface area (Å²) >= 11 is 0. The molecule has 1 amide bonds. The molecule has 2 unspecified atom stereocenters. The number of piperidine rings is 1. The van der Waals surface area contributed by atoms with Gasteiger partial charge in [0.15, 0.2) is 0 Å². The summed E-state index contributed by atoms with van der Waals surface area (Å²) in [6.07, 6.45) is 4.30. The summed E-state index contributed by atoms with van der Waals surface area (Å²) in [5.74, 6) is 0.346. The summed E-state index contributed by atoms with van der Waals surface area (Å²) in [5.41, 5.74) is -0.159. The normalized spacial score (nSPS) is 33.4.